The number of rotatable bonds is 7. The van der Waals surface area contributed by atoms with E-state index in [2.05, 4.69) is 13.8 Å². The van der Waals surface area contributed by atoms with E-state index in [0.717, 1.165) is 5.56 Å². The summed E-state index contributed by atoms with van der Waals surface area (Å²) in [7, 11) is 0. The van der Waals surface area contributed by atoms with Gasteiger partial charge in [0.25, 0.3) is 0 Å². The lowest BCUT2D eigenvalue weighted by Crippen LogP contribution is -2.11. The molecule has 2 N–H and O–H groups in total. The summed E-state index contributed by atoms with van der Waals surface area (Å²) in [5.41, 5.74) is 2.54. The third-order valence-electron chi connectivity index (χ3n) is 5.42. The number of aromatic nitrogens is 1. The van der Waals surface area contributed by atoms with Crippen LogP contribution in [0.15, 0.2) is 66.7 Å². The fourth-order valence-corrected chi connectivity index (χ4v) is 4.09. The van der Waals surface area contributed by atoms with Crippen LogP contribution in [0.5, 0.6) is 11.5 Å². The second kappa shape index (κ2) is 9.00. The zero-order valence-corrected chi connectivity index (χ0v) is 18.8. The van der Waals surface area contributed by atoms with E-state index in [1.54, 1.807) is 47.0 Å². The molecule has 0 aliphatic rings. The molecule has 0 saturated heterocycles. The summed E-state index contributed by atoms with van der Waals surface area (Å²) in [6, 6.07) is 19.6. The Morgan fingerprint density at radius 3 is 2.27 bits per heavy atom. The standard InChI is InChI=1S/C26H22ClNO5/c1-15(2)16-6-8-18(9-7-16)28-22-11-10-20(33-19-5-3-4-17(27)12-19)13-21(22)25(26(31)32)23(28)14-24(29)30/h3-13,15H,14H2,1-2H3,(H,29,30)(H,31,32). The van der Waals surface area contributed by atoms with Crippen LogP contribution in [0.2, 0.25) is 5.02 Å². The maximum absolute atomic E-state index is 12.3. The number of carboxylic acids is 2. The molecule has 4 rings (SSSR count). The van der Waals surface area contributed by atoms with Crippen LogP contribution in [0.1, 0.15) is 41.4 Å². The average molecular weight is 464 g/mol. The molecule has 0 saturated carbocycles. The molecule has 0 aliphatic carbocycles. The first-order valence-corrected chi connectivity index (χ1v) is 10.8. The van der Waals surface area contributed by atoms with Gasteiger partial charge in [-0.05, 0) is 60.0 Å². The van der Waals surface area contributed by atoms with E-state index in [0.29, 0.717) is 39.0 Å². The molecular weight excluding hydrogens is 442 g/mol. The van der Waals surface area contributed by atoms with Crippen molar-refractivity contribution < 1.29 is 24.5 Å². The first kappa shape index (κ1) is 22.4. The number of benzene rings is 3. The molecule has 0 bridgehead atoms. The van der Waals surface area contributed by atoms with Crippen LogP contribution in [0.3, 0.4) is 0 Å². The number of hydrogen-bond acceptors (Lipinski definition) is 3. The molecule has 33 heavy (non-hydrogen) atoms. The smallest absolute Gasteiger partial charge is 0.338 e. The zero-order valence-electron chi connectivity index (χ0n) is 18.1. The number of aliphatic carboxylic acids is 1. The van der Waals surface area contributed by atoms with E-state index in [9.17, 15) is 19.8 Å². The molecule has 3 aromatic carbocycles. The molecule has 1 heterocycles. The van der Waals surface area contributed by atoms with Gasteiger partial charge in [-0.25, -0.2) is 4.79 Å². The number of aromatic carboxylic acids is 1. The van der Waals surface area contributed by atoms with Crippen molar-refractivity contribution in [2.45, 2.75) is 26.2 Å². The van der Waals surface area contributed by atoms with Gasteiger partial charge in [-0.2, -0.15) is 0 Å². The first-order valence-electron chi connectivity index (χ1n) is 10.4. The van der Waals surface area contributed by atoms with Crippen LogP contribution in [-0.2, 0) is 11.2 Å². The Hall–Kier alpha value is -3.77. The Morgan fingerprint density at radius 2 is 1.67 bits per heavy atom. The van der Waals surface area contributed by atoms with E-state index >= 15 is 0 Å². The maximum Gasteiger partial charge on any atom is 0.338 e. The number of carbonyl (C=O) groups is 2. The van der Waals surface area contributed by atoms with Gasteiger partial charge in [0.1, 0.15) is 11.5 Å². The highest BCUT2D eigenvalue weighted by Crippen LogP contribution is 2.35. The summed E-state index contributed by atoms with van der Waals surface area (Å²) < 4.78 is 7.57. The number of halogens is 1. The summed E-state index contributed by atoms with van der Waals surface area (Å²) in [5.74, 6) is -1.06. The molecule has 0 atom stereocenters. The Kier molecular flexibility index (Phi) is 6.11. The molecule has 7 heteroatoms. The van der Waals surface area contributed by atoms with Gasteiger partial charge >= 0.3 is 11.9 Å². The van der Waals surface area contributed by atoms with Crippen LogP contribution in [-0.4, -0.2) is 26.7 Å². The average Bonchev–Trinajstić information content (AvgIpc) is 3.06. The topological polar surface area (TPSA) is 88.8 Å². The van der Waals surface area contributed by atoms with Crippen LogP contribution < -0.4 is 4.74 Å². The van der Waals surface area contributed by atoms with Gasteiger partial charge < -0.3 is 19.5 Å². The van der Waals surface area contributed by atoms with Crippen LogP contribution in [0, 0.1) is 0 Å². The molecule has 4 aromatic rings. The van der Waals surface area contributed by atoms with Crippen molar-refractivity contribution in [2.75, 3.05) is 0 Å². The monoisotopic (exact) mass is 463 g/mol. The maximum atomic E-state index is 12.3. The molecule has 1 aromatic heterocycles. The normalized spacial score (nSPS) is 11.2. The van der Waals surface area contributed by atoms with Crippen LogP contribution in [0.4, 0.5) is 0 Å². The first-order chi connectivity index (χ1) is 15.7. The molecule has 0 radical (unpaired) electrons. The number of nitrogens with zero attached hydrogens (tertiary/aromatic N) is 1. The van der Waals surface area contributed by atoms with E-state index in [1.165, 1.54) is 0 Å². The largest absolute Gasteiger partial charge is 0.481 e. The van der Waals surface area contributed by atoms with E-state index < -0.39 is 18.4 Å². The minimum Gasteiger partial charge on any atom is -0.481 e. The lowest BCUT2D eigenvalue weighted by Gasteiger charge is -2.13. The van der Waals surface area contributed by atoms with Crippen molar-refractivity contribution in [2.24, 2.45) is 0 Å². The van der Waals surface area contributed by atoms with E-state index in [-0.39, 0.29) is 11.3 Å². The molecule has 0 spiro atoms. The Morgan fingerprint density at radius 1 is 0.970 bits per heavy atom. The van der Waals surface area contributed by atoms with Crippen molar-refractivity contribution in [1.29, 1.82) is 0 Å². The van der Waals surface area contributed by atoms with Gasteiger partial charge in [-0.1, -0.05) is 43.6 Å². The molecule has 168 valence electrons. The summed E-state index contributed by atoms with van der Waals surface area (Å²) in [6.07, 6.45) is -0.438. The van der Waals surface area contributed by atoms with Crippen LogP contribution >= 0.6 is 11.6 Å². The summed E-state index contributed by atoms with van der Waals surface area (Å²) in [6.45, 7) is 4.17. The fourth-order valence-electron chi connectivity index (χ4n) is 3.91. The Labute approximate surface area is 195 Å². The number of ether oxygens (including phenoxy) is 1. The summed E-state index contributed by atoms with van der Waals surface area (Å²) in [5, 5.41) is 20.4. The second-order valence-electron chi connectivity index (χ2n) is 8.02. The minimum absolute atomic E-state index is 0.0584. The lowest BCUT2D eigenvalue weighted by molar-refractivity contribution is -0.136. The van der Waals surface area contributed by atoms with Crippen molar-refractivity contribution in [1.82, 2.24) is 4.57 Å². The van der Waals surface area contributed by atoms with Gasteiger partial charge in [0, 0.05) is 21.8 Å². The molecular formula is C26H22ClNO5. The lowest BCUT2D eigenvalue weighted by atomic mass is 10.0. The van der Waals surface area contributed by atoms with E-state index in [4.69, 9.17) is 16.3 Å². The summed E-state index contributed by atoms with van der Waals surface area (Å²) in [4.78, 5) is 23.9. The van der Waals surface area contributed by atoms with Crippen molar-refractivity contribution >= 4 is 34.4 Å². The van der Waals surface area contributed by atoms with Crippen LogP contribution in [0.25, 0.3) is 16.6 Å². The highest BCUT2D eigenvalue weighted by Gasteiger charge is 2.25. The van der Waals surface area contributed by atoms with Gasteiger partial charge in [0.15, 0.2) is 0 Å². The number of carboxylic acid groups (broad SMARTS) is 2. The minimum atomic E-state index is -1.20. The molecule has 6 nitrogen and oxygen atoms in total. The highest BCUT2D eigenvalue weighted by atomic mass is 35.5. The molecule has 0 amide bonds. The van der Waals surface area contributed by atoms with E-state index in [1.807, 2.05) is 24.3 Å². The predicted octanol–water partition coefficient (Wildman–Crippen LogP) is 6.52. The van der Waals surface area contributed by atoms with Crippen molar-refractivity contribution in [3.63, 3.8) is 0 Å². The quantitative estimate of drug-likeness (QED) is 0.325. The summed E-state index contributed by atoms with van der Waals surface area (Å²) >= 11 is 6.03. The van der Waals surface area contributed by atoms with Gasteiger partial charge in [0.2, 0.25) is 0 Å². The highest BCUT2D eigenvalue weighted by molar-refractivity contribution is 6.30. The fraction of sp³-hybridized carbons (Fsp3) is 0.154. The second-order valence-corrected chi connectivity index (χ2v) is 8.45. The Balaban J connectivity index is 1.91. The molecule has 0 aliphatic heterocycles. The van der Waals surface area contributed by atoms with Crippen molar-refractivity contribution in [3.8, 4) is 17.2 Å². The van der Waals surface area contributed by atoms with Crippen molar-refractivity contribution in [3.05, 3.63) is 88.6 Å². The van der Waals surface area contributed by atoms with Gasteiger partial charge in [0.05, 0.1) is 17.5 Å². The van der Waals surface area contributed by atoms with Gasteiger partial charge in [-0.15, -0.1) is 0 Å². The van der Waals surface area contributed by atoms with Gasteiger partial charge in [-0.3, -0.25) is 4.79 Å². The third kappa shape index (κ3) is 4.56. The third-order valence-corrected chi connectivity index (χ3v) is 5.65. The molecule has 0 fully saturated rings. The SMILES string of the molecule is CC(C)c1ccc(-n2c(CC(=O)O)c(C(=O)O)c3cc(Oc4cccc(Cl)c4)ccc32)cc1. The predicted molar refractivity (Wildman–Crippen MR) is 127 cm³/mol. The zero-order chi connectivity index (χ0) is 23.7. The number of fused-ring (bicyclic) bond motifs is 1. The molecule has 0 unspecified atom stereocenters. The number of hydrogen-bond donors (Lipinski definition) is 2. The Bertz CT molecular complexity index is 1360.